The Hall–Kier alpha value is -2.34. The minimum absolute atomic E-state index is 0.369. The molecule has 140 valence electrons. The number of nitrogens with one attached hydrogen (secondary N) is 1. The summed E-state index contributed by atoms with van der Waals surface area (Å²) in [5, 5.41) is 2.90. The molecule has 0 unspecified atom stereocenters. The van der Waals surface area contributed by atoms with Crippen molar-refractivity contribution in [2.24, 2.45) is 0 Å². The van der Waals surface area contributed by atoms with E-state index in [1.54, 1.807) is 25.1 Å². The van der Waals surface area contributed by atoms with Gasteiger partial charge in [-0.2, -0.15) is 0 Å². The summed E-state index contributed by atoms with van der Waals surface area (Å²) in [6.45, 7) is 9.33. The fourth-order valence-corrected chi connectivity index (χ4v) is 4.35. The molecule has 1 atom stereocenters. The third kappa shape index (κ3) is 4.43. The maximum Gasteiger partial charge on any atom is 0.248 e. The molecule has 0 saturated carbocycles. The topological polar surface area (TPSA) is 66.5 Å². The van der Waals surface area contributed by atoms with Crippen molar-refractivity contribution in [2.75, 3.05) is 15.9 Å². The molecule has 5 nitrogen and oxygen atoms in total. The molecule has 0 radical (unpaired) electrons. The number of carbonyl (C=O) groups is 1. The third-order valence-electron chi connectivity index (χ3n) is 4.27. The van der Waals surface area contributed by atoms with Crippen LogP contribution in [0.3, 0.4) is 0 Å². The smallest absolute Gasteiger partial charge is 0.248 e. The van der Waals surface area contributed by atoms with E-state index in [4.69, 9.17) is 0 Å². The van der Waals surface area contributed by atoms with Gasteiger partial charge in [-0.3, -0.25) is 9.10 Å². The third-order valence-corrected chi connectivity index (χ3v) is 5.51. The fourth-order valence-electron chi connectivity index (χ4n) is 3.18. The van der Waals surface area contributed by atoms with Crippen LogP contribution in [0.1, 0.15) is 29.2 Å². The first-order valence-corrected chi connectivity index (χ1v) is 10.3. The van der Waals surface area contributed by atoms with Gasteiger partial charge in [-0.05, 0) is 63.4 Å². The molecule has 0 fully saturated rings. The Morgan fingerprint density at radius 3 is 2.08 bits per heavy atom. The van der Waals surface area contributed by atoms with Crippen LogP contribution < -0.4 is 9.62 Å². The predicted molar refractivity (Wildman–Crippen MR) is 107 cm³/mol. The quantitative estimate of drug-likeness (QED) is 0.867. The molecule has 2 rings (SSSR count). The molecular formula is C20H26N2O3S. The standard InChI is InChI=1S/C20H26N2O3S/c1-13-8-7-9-18(12-13)22(26(6,24)25)17(5)20(23)21-19-15(3)10-14(2)11-16(19)4/h7-12,17H,1-6H3,(H,21,23)/t17-/m1/s1. The summed E-state index contributed by atoms with van der Waals surface area (Å²) < 4.78 is 25.9. The number of sulfonamides is 1. The summed E-state index contributed by atoms with van der Waals surface area (Å²) in [6, 6.07) is 10.2. The number of nitrogens with zero attached hydrogens (tertiary/aromatic N) is 1. The number of hydrogen-bond donors (Lipinski definition) is 1. The second-order valence-electron chi connectivity index (χ2n) is 6.84. The molecule has 1 amide bonds. The van der Waals surface area contributed by atoms with Gasteiger partial charge in [-0.15, -0.1) is 0 Å². The molecular weight excluding hydrogens is 348 g/mol. The number of rotatable bonds is 5. The number of amides is 1. The Morgan fingerprint density at radius 1 is 1.00 bits per heavy atom. The first kappa shape index (κ1) is 20.0. The number of aryl methyl sites for hydroxylation is 4. The van der Waals surface area contributed by atoms with Gasteiger partial charge in [0, 0.05) is 5.69 Å². The van der Waals surface area contributed by atoms with Crippen LogP contribution in [-0.4, -0.2) is 26.6 Å². The summed E-state index contributed by atoms with van der Waals surface area (Å²) >= 11 is 0. The van der Waals surface area contributed by atoms with Gasteiger partial charge in [-0.25, -0.2) is 8.42 Å². The van der Waals surface area contributed by atoms with Gasteiger partial charge in [0.15, 0.2) is 0 Å². The number of hydrogen-bond acceptors (Lipinski definition) is 3. The molecule has 26 heavy (non-hydrogen) atoms. The lowest BCUT2D eigenvalue weighted by Gasteiger charge is -2.29. The maximum atomic E-state index is 12.8. The van der Waals surface area contributed by atoms with E-state index < -0.39 is 16.1 Å². The van der Waals surface area contributed by atoms with Crippen LogP contribution in [0.25, 0.3) is 0 Å². The minimum atomic E-state index is -3.63. The lowest BCUT2D eigenvalue weighted by Crippen LogP contribution is -2.45. The van der Waals surface area contributed by atoms with Gasteiger partial charge in [0.2, 0.25) is 15.9 Å². The molecule has 1 N–H and O–H groups in total. The Bertz CT molecular complexity index is 913. The average molecular weight is 375 g/mol. The Morgan fingerprint density at radius 2 is 1.58 bits per heavy atom. The van der Waals surface area contributed by atoms with Crippen molar-refractivity contribution in [1.82, 2.24) is 0 Å². The molecule has 0 bridgehead atoms. The number of carbonyl (C=O) groups excluding carboxylic acids is 1. The van der Waals surface area contributed by atoms with E-state index in [9.17, 15) is 13.2 Å². The second-order valence-corrected chi connectivity index (χ2v) is 8.70. The van der Waals surface area contributed by atoms with Crippen LogP contribution in [0.15, 0.2) is 36.4 Å². The molecule has 0 spiro atoms. The molecule has 0 aromatic heterocycles. The van der Waals surface area contributed by atoms with E-state index in [1.165, 1.54) is 0 Å². The van der Waals surface area contributed by atoms with Gasteiger partial charge in [0.1, 0.15) is 6.04 Å². The maximum absolute atomic E-state index is 12.8. The predicted octanol–water partition coefficient (Wildman–Crippen LogP) is 3.71. The van der Waals surface area contributed by atoms with E-state index in [2.05, 4.69) is 5.32 Å². The zero-order valence-corrected chi connectivity index (χ0v) is 16.9. The largest absolute Gasteiger partial charge is 0.324 e. The van der Waals surface area contributed by atoms with E-state index in [0.717, 1.165) is 38.5 Å². The van der Waals surface area contributed by atoms with Gasteiger partial charge in [-0.1, -0.05) is 29.8 Å². The molecule has 0 heterocycles. The highest BCUT2D eigenvalue weighted by Crippen LogP contribution is 2.25. The summed E-state index contributed by atoms with van der Waals surface area (Å²) in [6.07, 6.45) is 1.11. The zero-order valence-electron chi connectivity index (χ0n) is 16.1. The van der Waals surface area contributed by atoms with Crippen LogP contribution in [0, 0.1) is 27.7 Å². The normalized spacial score (nSPS) is 12.5. The van der Waals surface area contributed by atoms with Crippen LogP contribution in [-0.2, 0) is 14.8 Å². The lowest BCUT2D eigenvalue weighted by atomic mass is 10.0. The number of anilines is 2. The van der Waals surface area contributed by atoms with Crippen molar-refractivity contribution in [3.8, 4) is 0 Å². The molecule has 0 aliphatic rings. The van der Waals surface area contributed by atoms with Crippen molar-refractivity contribution < 1.29 is 13.2 Å². The fraction of sp³-hybridized carbons (Fsp3) is 0.350. The van der Waals surface area contributed by atoms with E-state index in [1.807, 2.05) is 45.9 Å². The lowest BCUT2D eigenvalue weighted by molar-refractivity contribution is -0.116. The highest BCUT2D eigenvalue weighted by atomic mass is 32.2. The van der Waals surface area contributed by atoms with Gasteiger partial charge >= 0.3 is 0 Å². The van der Waals surface area contributed by atoms with Gasteiger partial charge in [0.25, 0.3) is 0 Å². The van der Waals surface area contributed by atoms with E-state index in [-0.39, 0.29) is 5.91 Å². The first-order valence-electron chi connectivity index (χ1n) is 8.45. The van der Waals surface area contributed by atoms with Gasteiger partial charge < -0.3 is 5.32 Å². The molecule has 0 aliphatic heterocycles. The molecule has 6 heteroatoms. The molecule has 0 saturated heterocycles. The molecule has 0 aliphatic carbocycles. The zero-order chi connectivity index (χ0) is 19.6. The summed E-state index contributed by atoms with van der Waals surface area (Å²) in [4.78, 5) is 12.8. The molecule has 2 aromatic rings. The van der Waals surface area contributed by atoms with Crippen LogP contribution in [0.5, 0.6) is 0 Å². The average Bonchev–Trinajstić information content (AvgIpc) is 2.49. The molecule has 2 aromatic carbocycles. The number of benzene rings is 2. The minimum Gasteiger partial charge on any atom is -0.324 e. The van der Waals surface area contributed by atoms with E-state index in [0.29, 0.717) is 5.69 Å². The van der Waals surface area contributed by atoms with Crippen LogP contribution >= 0.6 is 0 Å². The highest BCUT2D eigenvalue weighted by molar-refractivity contribution is 7.92. The monoisotopic (exact) mass is 374 g/mol. The van der Waals surface area contributed by atoms with Crippen molar-refractivity contribution in [2.45, 2.75) is 40.7 Å². The van der Waals surface area contributed by atoms with E-state index >= 15 is 0 Å². The Labute approximate surface area is 156 Å². The second kappa shape index (κ2) is 7.50. The van der Waals surface area contributed by atoms with Gasteiger partial charge in [0.05, 0.1) is 11.9 Å². The summed E-state index contributed by atoms with van der Waals surface area (Å²) in [5.74, 6) is -0.369. The van der Waals surface area contributed by atoms with Crippen molar-refractivity contribution in [3.63, 3.8) is 0 Å². The highest BCUT2D eigenvalue weighted by Gasteiger charge is 2.29. The Kier molecular flexibility index (Phi) is 5.76. The van der Waals surface area contributed by atoms with Crippen molar-refractivity contribution in [1.29, 1.82) is 0 Å². The van der Waals surface area contributed by atoms with Crippen molar-refractivity contribution in [3.05, 3.63) is 58.7 Å². The SMILES string of the molecule is Cc1cccc(N([C@H](C)C(=O)Nc2c(C)cc(C)cc2C)S(C)(=O)=O)c1. The summed E-state index contributed by atoms with van der Waals surface area (Å²) in [7, 11) is -3.63. The Balaban J connectivity index is 2.38. The van der Waals surface area contributed by atoms with Crippen molar-refractivity contribution >= 4 is 27.3 Å². The van der Waals surface area contributed by atoms with Crippen LogP contribution in [0.2, 0.25) is 0 Å². The van der Waals surface area contributed by atoms with Crippen LogP contribution in [0.4, 0.5) is 11.4 Å². The summed E-state index contributed by atoms with van der Waals surface area (Å²) in [5.41, 5.74) is 5.14. The first-order chi connectivity index (χ1) is 12.0.